The smallest absolute Gasteiger partial charge is 0.224 e. The summed E-state index contributed by atoms with van der Waals surface area (Å²) in [5, 5.41) is 3.30. The van der Waals surface area contributed by atoms with E-state index in [2.05, 4.69) is 16.4 Å². The van der Waals surface area contributed by atoms with Gasteiger partial charge in [0, 0.05) is 38.0 Å². The molecule has 0 saturated carbocycles. The van der Waals surface area contributed by atoms with Gasteiger partial charge in [0.1, 0.15) is 11.6 Å². The first kappa shape index (κ1) is 18.3. The Morgan fingerprint density at radius 2 is 2.08 bits per heavy atom. The molecule has 3 heterocycles. The van der Waals surface area contributed by atoms with Gasteiger partial charge >= 0.3 is 0 Å². The van der Waals surface area contributed by atoms with Gasteiger partial charge in [0.25, 0.3) is 0 Å². The minimum absolute atomic E-state index is 0.180. The third kappa shape index (κ3) is 4.58. The van der Waals surface area contributed by atoms with E-state index in [4.69, 9.17) is 9.72 Å². The highest BCUT2D eigenvalue weighted by molar-refractivity contribution is 5.76. The van der Waals surface area contributed by atoms with Crippen molar-refractivity contribution in [2.45, 2.75) is 32.1 Å². The quantitative estimate of drug-likeness (QED) is 0.862. The van der Waals surface area contributed by atoms with Crippen LogP contribution in [0.4, 0.5) is 11.6 Å². The number of aromatic nitrogens is 2. The molecule has 3 rings (SSSR count). The first-order chi connectivity index (χ1) is 12.7. The van der Waals surface area contributed by atoms with Gasteiger partial charge in [-0.3, -0.25) is 4.79 Å². The lowest BCUT2D eigenvalue weighted by atomic mass is 9.93. The zero-order valence-corrected chi connectivity index (χ0v) is 15.4. The van der Waals surface area contributed by atoms with E-state index in [1.807, 2.05) is 36.1 Å². The predicted molar refractivity (Wildman–Crippen MR) is 102 cm³/mol. The lowest BCUT2D eigenvalue weighted by Crippen LogP contribution is -2.38. The molecule has 0 aliphatic carbocycles. The van der Waals surface area contributed by atoms with E-state index in [1.54, 1.807) is 13.3 Å². The van der Waals surface area contributed by atoms with Gasteiger partial charge in [0.2, 0.25) is 5.91 Å². The molecule has 2 aromatic heterocycles. The van der Waals surface area contributed by atoms with Crippen molar-refractivity contribution in [1.29, 1.82) is 0 Å². The van der Waals surface area contributed by atoms with Crippen molar-refractivity contribution in [3.63, 3.8) is 0 Å². The summed E-state index contributed by atoms with van der Waals surface area (Å²) in [7, 11) is 1.62. The van der Waals surface area contributed by atoms with E-state index in [1.165, 1.54) is 0 Å². The summed E-state index contributed by atoms with van der Waals surface area (Å²) >= 11 is 0. The van der Waals surface area contributed by atoms with Gasteiger partial charge < -0.3 is 15.0 Å². The number of carbonyl (C=O) groups is 1. The van der Waals surface area contributed by atoms with Crippen LogP contribution in [0.2, 0.25) is 0 Å². The Kier molecular flexibility index (Phi) is 6.17. The topological polar surface area (TPSA) is 67.3 Å². The number of ether oxygens (including phenoxy) is 1. The van der Waals surface area contributed by atoms with E-state index in [0.29, 0.717) is 18.9 Å². The second-order valence-electron chi connectivity index (χ2n) is 6.64. The third-order valence-electron chi connectivity index (χ3n) is 4.81. The average molecular weight is 354 g/mol. The number of anilines is 2. The van der Waals surface area contributed by atoms with E-state index in [-0.39, 0.29) is 5.91 Å². The molecule has 6 heteroatoms. The average Bonchev–Trinajstić information content (AvgIpc) is 2.68. The number of methoxy groups -OCH3 is 1. The molecule has 138 valence electrons. The van der Waals surface area contributed by atoms with Crippen LogP contribution < -0.4 is 5.32 Å². The zero-order chi connectivity index (χ0) is 18.4. The van der Waals surface area contributed by atoms with Crippen LogP contribution in [0.25, 0.3) is 0 Å². The number of carbonyl (C=O) groups excluding carboxylic acids is 1. The Balaban J connectivity index is 1.61. The van der Waals surface area contributed by atoms with Crippen molar-refractivity contribution in [3.8, 4) is 0 Å². The maximum atomic E-state index is 12.1. The first-order valence-electron chi connectivity index (χ1n) is 9.09. The Morgan fingerprint density at radius 1 is 1.27 bits per heavy atom. The fourth-order valence-electron chi connectivity index (χ4n) is 3.26. The fraction of sp³-hybridized carbons (Fsp3) is 0.450. The van der Waals surface area contributed by atoms with Gasteiger partial charge in [-0.15, -0.1) is 0 Å². The van der Waals surface area contributed by atoms with Crippen LogP contribution in [0.1, 0.15) is 36.4 Å². The van der Waals surface area contributed by atoms with E-state index < -0.39 is 0 Å². The van der Waals surface area contributed by atoms with Gasteiger partial charge in [0.05, 0.1) is 13.0 Å². The number of piperidine rings is 1. The van der Waals surface area contributed by atoms with Gasteiger partial charge in [0.15, 0.2) is 0 Å². The molecule has 0 atom stereocenters. The molecule has 1 aliphatic heterocycles. The summed E-state index contributed by atoms with van der Waals surface area (Å²) < 4.78 is 4.99. The molecule has 0 unspecified atom stereocenters. The van der Waals surface area contributed by atoms with Gasteiger partial charge in [-0.2, -0.15) is 0 Å². The summed E-state index contributed by atoms with van der Waals surface area (Å²) in [5.74, 6) is 2.20. The lowest BCUT2D eigenvalue weighted by molar-refractivity contribution is -0.133. The number of hydrogen-bond donors (Lipinski definition) is 1. The largest absolute Gasteiger partial charge is 0.384 e. The Labute approximate surface area is 154 Å². The number of rotatable bonds is 6. The number of likely N-dealkylation sites (tertiary alicyclic amines) is 1. The van der Waals surface area contributed by atoms with Crippen LogP contribution in [0.5, 0.6) is 0 Å². The monoisotopic (exact) mass is 354 g/mol. The van der Waals surface area contributed by atoms with Crippen LogP contribution in [0.3, 0.4) is 0 Å². The Hall–Kier alpha value is -2.47. The molecular weight excluding hydrogens is 328 g/mol. The van der Waals surface area contributed by atoms with Gasteiger partial charge in [-0.1, -0.05) is 12.1 Å². The van der Waals surface area contributed by atoms with E-state index in [0.717, 1.165) is 48.8 Å². The van der Waals surface area contributed by atoms with Crippen LogP contribution in [-0.2, 0) is 9.53 Å². The Morgan fingerprint density at radius 3 is 2.81 bits per heavy atom. The molecule has 1 N–H and O–H groups in total. The highest BCUT2D eigenvalue weighted by Gasteiger charge is 2.24. The van der Waals surface area contributed by atoms with Crippen molar-refractivity contribution in [3.05, 3.63) is 47.8 Å². The van der Waals surface area contributed by atoms with Crippen molar-refractivity contribution >= 4 is 17.5 Å². The standard InChI is InChI=1S/C20H26N4O2/c1-15-5-4-11-21-20(15)23-18-7-3-6-17(22-18)16-8-12-24(13-9-16)19(25)10-14-26-2/h3-7,11,16H,8-10,12-14H2,1-2H3,(H,21,22,23). The molecule has 0 spiro atoms. The first-order valence-corrected chi connectivity index (χ1v) is 9.09. The molecule has 0 aromatic carbocycles. The van der Waals surface area contributed by atoms with Crippen molar-refractivity contribution in [2.75, 3.05) is 32.1 Å². The summed E-state index contributed by atoms with van der Waals surface area (Å²) in [5.41, 5.74) is 2.16. The molecule has 1 aliphatic rings. The molecular formula is C20H26N4O2. The SMILES string of the molecule is COCCC(=O)N1CCC(c2cccc(Nc3ncccc3C)n2)CC1. The normalized spacial score (nSPS) is 15.1. The number of pyridine rings is 2. The second-order valence-corrected chi connectivity index (χ2v) is 6.64. The minimum Gasteiger partial charge on any atom is -0.384 e. The zero-order valence-electron chi connectivity index (χ0n) is 15.4. The van der Waals surface area contributed by atoms with Crippen LogP contribution >= 0.6 is 0 Å². The molecule has 26 heavy (non-hydrogen) atoms. The molecule has 1 fully saturated rings. The minimum atomic E-state index is 0.180. The molecule has 0 radical (unpaired) electrons. The summed E-state index contributed by atoms with van der Waals surface area (Å²) in [4.78, 5) is 23.2. The molecule has 1 saturated heterocycles. The summed E-state index contributed by atoms with van der Waals surface area (Å²) in [6.45, 7) is 4.08. The predicted octanol–water partition coefficient (Wildman–Crippen LogP) is 3.27. The lowest BCUT2D eigenvalue weighted by Gasteiger charge is -2.32. The fourth-order valence-corrected chi connectivity index (χ4v) is 3.26. The van der Waals surface area contributed by atoms with Crippen LogP contribution in [0.15, 0.2) is 36.5 Å². The van der Waals surface area contributed by atoms with Crippen molar-refractivity contribution < 1.29 is 9.53 Å². The Bertz CT molecular complexity index is 742. The molecule has 2 aromatic rings. The number of amides is 1. The van der Waals surface area contributed by atoms with E-state index >= 15 is 0 Å². The number of nitrogens with zero attached hydrogens (tertiary/aromatic N) is 3. The van der Waals surface area contributed by atoms with Crippen molar-refractivity contribution in [2.24, 2.45) is 0 Å². The highest BCUT2D eigenvalue weighted by Crippen LogP contribution is 2.28. The van der Waals surface area contributed by atoms with Crippen LogP contribution in [-0.4, -0.2) is 47.6 Å². The maximum absolute atomic E-state index is 12.1. The van der Waals surface area contributed by atoms with Gasteiger partial charge in [-0.05, 0) is 43.5 Å². The molecule has 6 nitrogen and oxygen atoms in total. The van der Waals surface area contributed by atoms with Gasteiger partial charge in [-0.25, -0.2) is 9.97 Å². The molecule has 1 amide bonds. The van der Waals surface area contributed by atoms with Crippen molar-refractivity contribution in [1.82, 2.24) is 14.9 Å². The maximum Gasteiger partial charge on any atom is 0.224 e. The number of nitrogens with one attached hydrogen (secondary N) is 1. The highest BCUT2D eigenvalue weighted by atomic mass is 16.5. The molecule has 0 bridgehead atoms. The van der Waals surface area contributed by atoms with E-state index in [9.17, 15) is 4.79 Å². The third-order valence-corrected chi connectivity index (χ3v) is 4.81. The number of aryl methyl sites for hydroxylation is 1. The number of hydrogen-bond acceptors (Lipinski definition) is 5. The second kappa shape index (κ2) is 8.76. The summed E-state index contributed by atoms with van der Waals surface area (Å²) in [6.07, 6.45) is 4.12. The van der Waals surface area contributed by atoms with Crippen LogP contribution in [0, 0.1) is 6.92 Å². The summed E-state index contributed by atoms with van der Waals surface area (Å²) in [6, 6.07) is 10.0.